The van der Waals surface area contributed by atoms with E-state index in [-0.39, 0.29) is 0 Å². The smallest absolute Gasteiger partial charge is 0.231 e. The van der Waals surface area contributed by atoms with Crippen LogP contribution in [0.3, 0.4) is 0 Å². The Bertz CT molecular complexity index is 326. The summed E-state index contributed by atoms with van der Waals surface area (Å²) in [6, 6.07) is 0. The van der Waals surface area contributed by atoms with Crippen LogP contribution in [0.4, 0.5) is 0 Å². The highest BCUT2D eigenvalue weighted by molar-refractivity contribution is 4.97. The molecule has 1 saturated heterocycles. The van der Waals surface area contributed by atoms with Gasteiger partial charge in [0.2, 0.25) is 5.89 Å². The van der Waals surface area contributed by atoms with E-state index in [1.54, 1.807) is 0 Å². The van der Waals surface area contributed by atoms with Gasteiger partial charge in [-0.2, -0.15) is 4.98 Å². The molecule has 0 saturated carbocycles. The molecule has 1 fully saturated rings. The minimum atomic E-state index is 0.423. The van der Waals surface area contributed by atoms with Gasteiger partial charge in [0.05, 0.1) is 12.5 Å². The number of aromatic nitrogens is 2. The van der Waals surface area contributed by atoms with Crippen LogP contribution in [0.25, 0.3) is 0 Å². The monoisotopic (exact) mass is 224 g/mol. The molecule has 0 spiro atoms. The van der Waals surface area contributed by atoms with Crippen molar-refractivity contribution in [3.63, 3.8) is 0 Å². The molecule has 1 N–H and O–H groups in total. The fourth-order valence-corrected chi connectivity index (χ4v) is 2.21. The molecular formula is C11H20N4O. The quantitative estimate of drug-likeness (QED) is 0.826. The Kier molecular flexibility index (Phi) is 3.90. The lowest BCUT2D eigenvalue weighted by Gasteiger charge is -2.29. The summed E-state index contributed by atoms with van der Waals surface area (Å²) in [5.41, 5.74) is 0. The molecular weight excluding hydrogens is 204 g/mol. The highest BCUT2D eigenvalue weighted by Crippen LogP contribution is 2.25. The molecule has 2 heterocycles. The Morgan fingerprint density at radius 1 is 1.56 bits per heavy atom. The van der Waals surface area contributed by atoms with Crippen molar-refractivity contribution in [1.82, 2.24) is 20.4 Å². The number of nitrogens with zero attached hydrogens (tertiary/aromatic N) is 3. The van der Waals surface area contributed by atoms with Crippen molar-refractivity contribution in [1.29, 1.82) is 0 Å². The number of likely N-dealkylation sites (tertiary alicyclic amines) is 1. The van der Waals surface area contributed by atoms with E-state index in [1.807, 2.05) is 7.05 Å². The van der Waals surface area contributed by atoms with Crippen LogP contribution in [0.2, 0.25) is 0 Å². The molecule has 1 aromatic heterocycles. The van der Waals surface area contributed by atoms with Gasteiger partial charge in [0.15, 0.2) is 5.82 Å². The lowest BCUT2D eigenvalue weighted by Crippen LogP contribution is -2.34. The van der Waals surface area contributed by atoms with Crippen molar-refractivity contribution < 1.29 is 4.52 Å². The van der Waals surface area contributed by atoms with E-state index in [2.05, 4.69) is 27.3 Å². The SMILES string of the molecule is CCN1CCCC(c2nc(CNC)no2)C1. The molecule has 16 heavy (non-hydrogen) atoms. The lowest BCUT2D eigenvalue weighted by atomic mass is 9.98. The third-order valence-electron chi connectivity index (χ3n) is 3.12. The summed E-state index contributed by atoms with van der Waals surface area (Å²) in [5.74, 6) is 1.99. The van der Waals surface area contributed by atoms with Crippen LogP contribution in [0.15, 0.2) is 4.52 Å². The summed E-state index contributed by atoms with van der Waals surface area (Å²) in [6.45, 7) is 6.23. The number of likely N-dealkylation sites (N-methyl/N-ethyl adjacent to an activating group) is 1. The summed E-state index contributed by atoms with van der Waals surface area (Å²) >= 11 is 0. The van der Waals surface area contributed by atoms with Crippen molar-refractivity contribution in [2.45, 2.75) is 32.2 Å². The van der Waals surface area contributed by atoms with Gasteiger partial charge in [-0.15, -0.1) is 0 Å². The Morgan fingerprint density at radius 2 is 2.44 bits per heavy atom. The summed E-state index contributed by atoms with van der Waals surface area (Å²) < 4.78 is 5.32. The second kappa shape index (κ2) is 5.41. The zero-order valence-electron chi connectivity index (χ0n) is 10.1. The van der Waals surface area contributed by atoms with Gasteiger partial charge in [-0.25, -0.2) is 0 Å². The molecule has 1 aromatic rings. The average Bonchev–Trinajstić information content (AvgIpc) is 2.78. The van der Waals surface area contributed by atoms with Crippen molar-refractivity contribution >= 4 is 0 Å². The predicted molar refractivity (Wildman–Crippen MR) is 61.2 cm³/mol. The fourth-order valence-electron chi connectivity index (χ4n) is 2.21. The van der Waals surface area contributed by atoms with Gasteiger partial charge in [-0.1, -0.05) is 12.1 Å². The molecule has 1 atom stereocenters. The molecule has 2 rings (SSSR count). The molecule has 0 aromatic carbocycles. The maximum Gasteiger partial charge on any atom is 0.231 e. The van der Waals surface area contributed by atoms with Crippen LogP contribution in [0, 0.1) is 0 Å². The van der Waals surface area contributed by atoms with Crippen molar-refractivity contribution in [3.8, 4) is 0 Å². The number of hydrogen-bond acceptors (Lipinski definition) is 5. The summed E-state index contributed by atoms with van der Waals surface area (Å²) in [4.78, 5) is 6.87. The third kappa shape index (κ3) is 2.59. The van der Waals surface area contributed by atoms with Gasteiger partial charge in [0.1, 0.15) is 0 Å². The van der Waals surface area contributed by atoms with Gasteiger partial charge in [0.25, 0.3) is 0 Å². The standard InChI is InChI=1S/C11H20N4O/c1-3-15-6-4-5-9(8-15)11-13-10(7-12-2)14-16-11/h9,12H,3-8H2,1-2H3. The topological polar surface area (TPSA) is 54.2 Å². The maximum atomic E-state index is 5.32. The molecule has 0 aliphatic carbocycles. The van der Waals surface area contributed by atoms with Crippen molar-refractivity contribution in [2.75, 3.05) is 26.7 Å². The maximum absolute atomic E-state index is 5.32. The minimum absolute atomic E-state index is 0.423. The zero-order chi connectivity index (χ0) is 11.4. The molecule has 0 bridgehead atoms. The van der Waals surface area contributed by atoms with Crippen LogP contribution in [0.1, 0.15) is 37.4 Å². The molecule has 5 nitrogen and oxygen atoms in total. The molecule has 5 heteroatoms. The van der Waals surface area contributed by atoms with Crippen molar-refractivity contribution in [2.24, 2.45) is 0 Å². The first-order chi connectivity index (χ1) is 7.83. The first-order valence-corrected chi connectivity index (χ1v) is 6.03. The predicted octanol–water partition coefficient (Wildman–Crippen LogP) is 0.988. The Morgan fingerprint density at radius 3 is 3.19 bits per heavy atom. The van der Waals surface area contributed by atoms with E-state index in [9.17, 15) is 0 Å². The number of rotatable bonds is 4. The largest absolute Gasteiger partial charge is 0.339 e. The highest BCUT2D eigenvalue weighted by Gasteiger charge is 2.24. The van der Waals surface area contributed by atoms with Crippen LogP contribution < -0.4 is 5.32 Å². The normalized spacial score (nSPS) is 22.5. The van der Waals surface area contributed by atoms with Gasteiger partial charge in [0, 0.05) is 6.54 Å². The van der Waals surface area contributed by atoms with E-state index in [0.717, 1.165) is 31.2 Å². The fraction of sp³-hybridized carbons (Fsp3) is 0.818. The first-order valence-electron chi connectivity index (χ1n) is 6.03. The molecule has 1 aliphatic heterocycles. The van der Waals surface area contributed by atoms with E-state index in [0.29, 0.717) is 12.5 Å². The molecule has 90 valence electrons. The van der Waals surface area contributed by atoms with Gasteiger partial charge in [-0.3, -0.25) is 0 Å². The second-order valence-corrected chi connectivity index (χ2v) is 4.31. The van der Waals surface area contributed by atoms with E-state index >= 15 is 0 Å². The van der Waals surface area contributed by atoms with Gasteiger partial charge >= 0.3 is 0 Å². The molecule has 0 radical (unpaired) electrons. The lowest BCUT2D eigenvalue weighted by molar-refractivity contribution is 0.194. The average molecular weight is 224 g/mol. The van der Waals surface area contributed by atoms with Crippen LogP contribution in [0.5, 0.6) is 0 Å². The Balaban J connectivity index is 1.99. The third-order valence-corrected chi connectivity index (χ3v) is 3.12. The summed E-state index contributed by atoms with van der Waals surface area (Å²) in [7, 11) is 1.88. The van der Waals surface area contributed by atoms with Crippen molar-refractivity contribution in [3.05, 3.63) is 11.7 Å². The Hall–Kier alpha value is -0.940. The number of hydrogen-bond donors (Lipinski definition) is 1. The van der Waals surface area contributed by atoms with Gasteiger partial charge < -0.3 is 14.7 Å². The highest BCUT2D eigenvalue weighted by atomic mass is 16.5. The van der Waals surface area contributed by atoms with Gasteiger partial charge in [-0.05, 0) is 33.0 Å². The molecule has 1 aliphatic rings. The first kappa shape index (κ1) is 11.5. The summed E-state index contributed by atoms with van der Waals surface area (Å²) in [5, 5.41) is 6.99. The minimum Gasteiger partial charge on any atom is -0.339 e. The molecule has 1 unspecified atom stereocenters. The van der Waals surface area contributed by atoms with Crippen LogP contribution in [-0.2, 0) is 6.54 Å². The van der Waals surface area contributed by atoms with E-state index in [1.165, 1.54) is 13.0 Å². The Labute approximate surface area is 96.2 Å². The zero-order valence-corrected chi connectivity index (χ0v) is 10.1. The van der Waals surface area contributed by atoms with Crippen LogP contribution >= 0.6 is 0 Å². The summed E-state index contributed by atoms with van der Waals surface area (Å²) in [6.07, 6.45) is 2.39. The van der Waals surface area contributed by atoms with E-state index < -0.39 is 0 Å². The second-order valence-electron chi connectivity index (χ2n) is 4.31. The van der Waals surface area contributed by atoms with E-state index in [4.69, 9.17) is 4.52 Å². The number of nitrogens with one attached hydrogen (secondary N) is 1. The number of piperidine rings is 1. The molecule has 0 amide bonds. The van der Waals surface area contributed by atoms with Crippen LogP contribution in [-0.4, -0.2) is 41.7 Å².